The minimum Gasteiger partial charge on any atom is -0.487 e. The number of fused-ring (bicyclic) bond motifs is 2. The topological polar surface area (TPSA) is 131 Å². The molecule has 0 aliphatic heterocycles. The molecule has 0 amide bonds. The van der Waals surface area contributed by atoms with Crippen molar-refractivity contribution in [2.24, 2.45) is 0 Å². The van der Waals surface area contributed by atoms with E-state index in [9.17, 15) is 18.0 Å². The molecule has 0 saturated carbocycles. The van der Waals surface area contributed by atoms with Gasteiger partial charge in [0, 0.05) is 12.3 Å². The first kappa shape index (κ1) is 17.9. The van der Waals surface area contributed by atoms with E-state index in [-0.39, 0.29) is 51.4 Å². The van der Waals surface area contributed by atoms with E-state index in [2.05, 4.69) is 0 Å². The molecule has 0 atom stereocenters. The predicted octanol–water partition coefficient (Wildman–Crippen LogP) is 1.42. The Kier molecular flexibility index (Phi) is 4.43. The third kappa shape index (κ3) is 3.14. The van der Waals surface area contributed by atoms with Crippen molar-refractivity contribution in [1.29, 1.82) is 0 Å². The summed E-state index contributed by atoms with van der Waals surface area (Å²) in [5.41, 5.74) is -0.524. The number of carbonyl (C=O) groups is 1. The van der Waals surface area contributed by atoms with Crippen molar-refractivity contribution in [2.45, 2.75) is 4.90 Å². The van der Waals surface area contributed by atoms with Crippen LogP contribution in [0.4, 0.5) is 0 Å². The average Bonchev–Trinajstić information content (AvgIpc) is 2.58. The molecule has 26 heavy (non-hydrogen) atoms. The highest BCUT2D eigenvalue weighted by molar-refractivity contribution is 7.90. The van der Waals surface area contributed by atoms with Gasteiger partial charge in [-0.25, -0.2) is 13.2 Å². The van der Waals surface area contributed by atoms with E-state index in [1.807, 2.05) is 0 Å². The molecule has 1 heterocycles. The number of hydrogen-bond donors (Lipinski definition) is 2. The molecule has 9 heteroatoms. The summed E-state index contributed by atoms with van der Waals surface area (Å²) in [6, 6.07) is 6.19. The largest absolute Gasteiger partial charge is 0.487 e. The van der Waals surface area contributed by atoms with Gasteiger partial charge in [-0.15, -0.1) is 0 Å². The number of aliphatic hydroxyl groups excluding tert-OH is 1. The van der Waals surface area contributed by atoms with Crippen LogP contribution in [0.2, 0.25) is 0 Å². The lowest BCUT2D eigenvalue weighted by Crippen LogP contribution is -2.09. The highest BCUT2D eigenvalue weighted by Gasteiger charge is 2.19. The number of aromatic carboxylic acids is 1. The van der Waals surface area contributed by atoms with Crippen LogP contribution in [-0.4, -0.2) is 44.1 Å². The maximum Gasteiger partial charge on any atom is 0.335 e. The van der Waals surface area contributed by atoms with Crippen molar-refractivity contribution >= 4 is 37.7 Å². The van der Waals surface area contributed by atoms with Crippen molar-refractivity contribution in [3.8, 4) is 5.75 Å². The quantitative estimate of drug-likeness (QED) is 0.637. The fourth-order valence-electron chi connectivity index (χ4n) is 2.51. The lowest BCUT2D eigenvalue weighted by Gasteiger charge is -2.10. The SMILES string of the molecule is CS(=O)(=O)c1cc(OCCO)c2oc3ccc(C(=O)O)cc3c(=O)c2c1. The van der Waals surface area contributed by atoms with E-state index in [1.54, 1.807) is 0 Å². The van der Waals surface area contributed by atoms with E-state index in [1.165, 1.54) is 24.3 Å². The van der Waals surface area contributed by atoms with Crippen LogP contribution < -0.4 is 10.2 Å². The van der Waals surface area contributed by atoms with Crippen LogP contribution in [0.15, 0.2) is 44.4 Å². The molecule has 0 aliphatic rings. The zero-order valence-electron chi connectivity index (χ0n) is 13.6. The van der Waals surface area contributed by atoms with Crippen molar-refractivity contribution < 1.29 is 32.6 Å². The van der Waals surface area contributed by atoms with E-state index in [0.717, 1.165) is 12.3 Å². The van der Waals surface area contributed by atoms with Crippen molar-refractivity contribution in [2.75, 3.05) is 19.5 Å². The van der Waals surface area contributed by atoms with Gasteiger partial charge in [0.1, 0.15) is 12.2 Å². The van der Waals surface area contributed by atoms with Crippen LogP contribution in [0.1, 0.15) is 10.4 Å². The van der Waals surface area contributed by atoms with Gasteiger partial charge in [-0.2, -0.15) is 0 Å². The molecule has 3 rings (SSSR count). The molecule has 0 bridgehead atoms. The molecule has 1 aromatic heterocycles. The summed E-state index contributed by atoms with van der Waals surface area (Å²) in [7, 11) is -3.65. The first-order valence-electron chi connectivity index (χ1n) is 7.44. The maximum atomic E-state index is 12.8. The second-order valence-electron chi connectivity index (χ2n) is 5.59. The number of carboxylic acid groups (broad SMARTS) is 1. The van der Waals surface area contributed by atoms with E-state index in [0.29, 0.717) is 0 Å². The molecule has 0 unspecified atom stereocenters. The van der Waals surface area contributed by atoms with Crippen LogP contribution >= 0.6 is 0 Å². The molecule has 0 aliphatic carbocycles. The van der Waals surface area contributed by atoms with Gasteiger partial charge in [-0.1, -0.05) is 0 Å². The zero-order valence-corrected chi connectivity index (χ0v) is 14.4. The Labute approximate surface area is 147 Å². The summed E-state index contributed by atoms with van der Waals surface area (Å²) in [6.07, 6.45) is 0.981. The van der Waals surface area contributed by atoms with Crippen LogP contribution in [0.3, 0.4) is 0 Å². The Morgan fingerprint density at radius 1 is 1.19 bits per heavy atom. The summed E-state index contributed by atoms with van der Waals surface area (Å²) >= 11 is 0. The van der Waals surface area contributed by atoms with E-state index < -0.39 is 21.2 Å². The smallest absolute Gasteiger partial charge is 0.335 e. The van der Waals surface area contributed by atoms with Gasteiger partial charge in [0.2, 0.25) is 5.43 Å². The molecule has 2 N–H and O–H groups in total. The van der Waals surface area contributed by atoms with Gasteiger partial charge in [-0.3, -0.25) is 4.79 Å². The van der Waals surface area contributed by atoms with Crippen LogP contribution in [0, 0.1) is 0 Å². The first-order chi connectivity index (χ1) is 12.2. The number of carboxylic acids is 1. The number of rotatable bonds is 5. The van der Waals surface area contributed by atoms with Gasteiger partial charge in [0.05, 0.1) is 27.8 Å². The minimum atomic E-state index is -3.65. The van der Waals surface area contributed by atoms with Gasteiger partial charge >= 0.3 is 5.97 Å². The van der Waals surface area contributed by atoms with Crippen molar-refractivity contribution in [3.63, 3.8) is 0 Å². The number of aliphatic hydroxyl groups is 1. The van der Waals surface area contributed by atoms with E-state index in [4.69, 9.17) is 19.4 Å². The molecule has 0 saturated heterocycles. The van der Waals surface area contributed by atoms with Crippen molar-refractivity contribution in [1.82, 2.24) is 0 Å². The number of ether oxygens (including phenoxy) is 1. The number of hydrogen-bond acceptors (Lipinski definition) is 7. The van der Waals surface area contributed by atoms with Gasteiger partial charge in [0.25, 0.3) is 0 Å². The Balaban J connectivity index is 2.43. The van der Waals surface area contributed by atoms with Gasteiger partial charge < -0.3 is 19.4 Å². The summed E-state index contributed by atoms with van der Waals surface area (Å²) in [6.45, 7) is -0.438. The summed E-state index contributed by atoms with van der Waals surface area (Å²) in [5, 5.41) is 18.0. The molecule has 0 spiro atoms. The normalized spacial score (nSPS) is 11.8. The third-order valence-corrected chi connectivity index (χ3v) is 4.83. The van der Waals surface area contributed by atoms with E-state index >= 15 is 0 Å². The Morgan fingerprint density at radius 2 is 1.92 bits per heavy atom. The molecular formula is C17H14O8S. The third-order valence-electron chi connectivity index (χ3n) is 3.73. The molecule has 8 nitrogen and oxygen atoms in total. The Morgan fingerprint density at radius 3 is 2.54 bits per heavy atom. The first-order valence-corrected chi connectivity index (χ1v) is 9.33. The molecule has 3 aromatic rings. The summed E-state index contributed by atoms with van der Waals surface area (Å²) in [5.74, 6) is -1.21. The summed E-state index contributed by atoms with van der Waals surface area (Å²) < 4.78 is 34.8. The fourth-order valence-corrected chi connectivity index (χ4v) is 3.17. The zero-order chi connectivity index (χ0) is 19.1. The van der Waals surface area contributed by atoms with Gasteiger partial charge in [-0.05, 0) is 24.3 Å². The lowest BCUT2D eigenvalue weighted by molar-refractivity contribution is 0.0697. The highest BCUT2D eigenvalue weighted by atomic mass is 32.2. The second kappa shape index (κ2) is 6.43. The Hall–Kier alpha value is -2.91. The van der Waals surface area contributed by atoms with Crippen LogP contribution in [0.5, 0.6) is 5.75 Å². The summed E-state index contributed by atoms with van der Waals surface area (Å²) in [4.78, 5) is 23.8. The maximum absolute atomic E-state index is 12.8. The second-order valence-corrected chi connectivity index (χ2v) is 7.61. The molecular weight excluding hydrogens is 364 g/mol. The monoisotopic (exact) mass is 378 g/mol. The highest BCUT2D eigenvalue weighted by Crippen LogP contribution is 2.31. The van der Waals surface area contributed by atoms with Crippen LogP contribution in [-0.2, 0) is 9.84 Å². The number of benzene rings is 2. The lowest BCUT2D eigenvalue weighted by atomic mass is 10.1. The molecule has 2 aromatic carbocycles. The molecule has 0 radical (unpaired) electrons. The molecule has 0 fully saturated rings. The van der Waals surface area contributed by atoms with Crippen molar-refractivity contribution in [3.05, 3.63) is 46.1 Å². The average molecular weight is 378 g/mol. The number of sulfone groups is 1. The standard InChI is InChI=1S/C17H14O8S/c1-26(22,23)10-7-12-15(19)11-6-9(17(20)21)2-3-13(11)25-16(12)14(8-10)24-5-4-18/h2-3,6-8,18H,4-5H2,1H3,(H,20,21). The van der Waals surface area contributed by atoms with Crippen LogP contribution in [0.25, 0.3) is 21.9 Å². The van der Waals surface area contributed by atoms with Gasteiger partial charge in [0.15, 0.2) is 21.2 Å². The minimum absolute atomic E-state index is 0.00159. The molecule has 136 valence electrons. The Bertz CT molecular complexity index is 1190. The predicted molar refractivity (Wildman–Crippen MR) is 92.6 cm³/mol. The fraction of sp³-hybridized carbons (Fsp3) is 0.176.